The second-order valence-corrected chi connectivity index (χ2v) is 5.94. The van der Waals surface area contributed by atoms with Gasteiger partial charge in [-0.15, -0.1) is 11.3 Å². The summed E-state index contributed by atoms with van der Waals surface area (Å²) in [6, 6.07) is 11.0. The molecule has 0 fully saturated rings. The van der Waals surface area contributed by atoms with Crippen molar-refractivity contribution >= 4 is 17.2 Å². The molecular weight excluding hydrogens is 316 g/mol. The van der Waals surface area contributed by atoms with Crippen molar-refractivity contribution in [2.24, 2.45) is 0 Å². The number of ether oxygens (including phenoxy) is 2. The molecule has 0 bridgehead atoms. The fourth-order valence-electron chi connectivity index (χ4n) is 2.24. The number of amides is 1. The molecule has 7 heteroatoms. The van der Waals surface area contributed by atoms with Crippen LogP contribution < -0.4 is 14.8 Å². The van der Waals surface area contributed by atoms with E-state index < -0.39 is 0 Å². The highest BCUT2D eigenvalue weighted by Gasteiger charge is 2.17. The molecule has 3 heterocycles. The van der Waals surface area contributed by atoms with Crippen LogP contribution in [-0.2, 0) is 6.54 Å². The lowest BCUT2D eigenvalue weighted by Crippen LogP contribution is -2.22. The third kappa shape index (κ3) is 2.78. The second-order valence-electron chi connectivity index (χ2n) is 4.91. The Balaban J connectivity index is 1.49. The van der Waals surface area contributed by atoms with E-state index in [9.17, 15) is 4.79 Å². The van der Waals surface area contributed by atoms with E-state index in [1.807, 2.05) is 23.6 Å². The third-order valence-electron chi connectivity index (χ3n) is 3.40. The van der Waals surface area contributed by atoms with E-state index in [-0.39, 0.29) is 18.4 Å². The molecule has 1 amide bonds. The van der Waals surface area contributed by atoms with Crippen LogP contribution in [0.25, 0.3) is 11.3 Å². The van der Waals surface area contributed by atoms with Crippen LogP contribution in [0.1, 0.15) is 15.4 Å². The number of benzene rings is 1. The number of carbonyl (C=O) groups is 1. The average Bonchev–Trinajstić information content (AvgIpc) is 3.32. The fourth-order valence-corrected chi connectivity index (χ4v) is 2.88. The maximum absolute atomic E-state index is 12.1. The zero-order chi connectivity index (χ0) is 15.6. The van der Waals surface area contributed by atoms with Crippen LogP contribution in [0.5, 0.6) is 11.5 Å². The maximum Gasteiger partial charge on any atom is 0.273 e. The number of carbonyl (C=O) groups excluding carboxylic acids is 1. The molecule has 0 saturated heterocycles. The molecule has 23 heavy (non-hydrogen) atoms. The molecule has 0 unspecified atom stereocenters. The minimum absolute atomic E-state index is 0.214. The minimum Gasteiger partial charge on any atom is -0.454 e. The number of nitrogens with one attached hydrogen (secondary N) is 1. The lowest BCUT2D eigenvalue weighted by atomic mass is 10.1. The highest BCUT2D eigenvalue weighted by atomic mass is 32.1. The number of hydrogen-bond donors (Lipinski definition) is 1. The molecule has 1 aliphatic heterocycles. The van der Waals surface area contributed by atoms with Crippen LogP contribution >= 0.6 is 11.3 Å². The summed E-state index contributed by atoms with van der Waals surface area (Å²) in [4.78, 5) is 13.2. The van der Waals surface area contributed by atoms with Gasteiger partial charge in [0.15, 0.2) is 23.0 Å². The van der Waals surface area contributed by atoms with Gasteiger partial charge in [-0.2, -0.15) is 0 Å². The van der Waals surface area contributed by atoms with Crippen molar-refractivity contribution in [3.05, 3.63) is 52.3 Å². The molecule has 1 aliphatic rings. The predicted molar refractivity (Wildman–Crippen MR) is 83.6 cm³/mol. The Morgan fingerprint density at radius 1 is 1.22 bits per heavy atom. The van der Waals surface area contributed by atoms with Crippen LogP contribution in [0.3, 0.4) is 0 Å². The van der Waals surface area contributed by atoms with E-state index in [4.69, 9.17) is 14.0 Å². The molecule has 1 aromatic carbocycles. The normalized spacial score (nSPS) is 12.3. The smallest absolute Gasteiger partial charge is 0.273 e. The molecule has 4 rings (SSSR count). The summed E-state index contributed by atoms with van der Waals surface area (Å²) in [6.07, 6.45) is 0. The lowest BCUT2D eigenvalue weighted by Gasteiger charge is -1.99. The van der Waals surface area contributed by atoms with E-state index in [1.165, 1.54) is 0 Å². The van der Waals surface area contributed by atoms with Crippen molar-refractivity contribution in [2.45, 2.75) is 6.54 Å². The zero-order valence-corrected chi connectivity index (χ0v) is 12.8. The number of thiophene rings is 1. The SMILES string of the molecule is O=C(NCc1cccs1)c1cc(-c2ccc3c(c2)OCO3)on1. The number of aromatic nitrogens is 1. The van der Waals surface area contributed by atoms with Crippen LogP contribution in [0.15, 0.2) is 46.3 Å². The van der Waals surface area contributed by atoms with E-state index in [0.29, 0.717) is 23.8 Å². The first-order valence-corrected chi connectivity index (χ1v) is 7.85. The molecule has 0 spiro atoms. The number of hydrogen-bond acceptors (Lipinski definition) is 6. The van der Waals surface area contributed by atoms with Gasteiger partial charge in [-0.25, -0.2) is 0 Å². The van der Waals surface area contributed by atoms with E-state index in [0.717, 1.165) is 10.4 Å². The van der Waals surface area contributed by atoms with Gasteiger partial charge in [0.1, 0.15) is 0 Å². The maximum atomic E-state index is 12.1. The number of rotatable bonds is 4. The Kier molecular flexibility index (Phi) is 3.47. The Hall–Kier alpha value is -2.80. The summed E-state index contributed by atoms with van der Waals surface area (Å²) in [5.41, 5.74) is 1.02. The first-order valence-electron chi connectivity index (χ1n) is 6.97. The summed E-state index contributed by atoms with van der Waals surface area (Å²) in [5, 5.41) is 8.61. The fraction of sp³-hybridized carbons (Fsp3) is 0.125. The minimum atomic E-state index is -0.269. The number of fused-ring (bicyclic) bond motifs is 1. The quantitative estimate of drug-likeness (QED) is 0.797. The van der Waals surface area contributed by atoms with Gasteiger partial charge in [0.2, 0.25) is 6.79 Å². The first-order chi connectivity index (χ1) is 11.3. The monoisotopic (exact) mass is 328 g/mol. The van der Waals surface area contributed by atoms with Gasteiger partial charge in [0, 0.05) is 16.5 Å². The van der Waals surface area contributed by atoms with Gasteiger partial charge >= 0.3 is 0 Å². The van der Waals surface area contributed by atoms with Gasteiger partial charge < -0.3 is 19.3 Å². The molecule has 1 N–H and O–H groups in total. The average molecular weight is 328 g/mol. The van der Waals surface area contributed by atoms with Gasteiger partial charge in [0.05, 0.1) is 6.54 Å². The Labute approximate surface area is 135 Å². The summed E-state index contributed by atoms with van der Waals surface area (Å²) in [7, 11) is 0. The topological polar surface area (TPSA) is 73.6 Å². The lowest BCUT2D eigenvalue weighted by molar-refractivity contribution is 0.0942. The van der Waals surface area contributed by atoms with Gasteiger partial charge in [-0.1, -0.05) is 11.2 Å². The highest BCUT2D eigenvalue weighted by molar-refractivity contribution is 7.09. The Bertz CT molecular complexity index is 842. The molecule has 0 saturated carbocycles. The molecule has 0 radical (unpaired) electrons. The molecule has 116 valence electrons. The zero-order valence-electron chi connectivity index (χ0n) is 11.9. The van der Waals surface area contributed by atoms with Gasteiger partial charge in [0.25, 0.3) is 5.91 Å². The Morgan fingerprint density at radius 3 is 3.00 bits per heavy atom. The summed E-state index contributed by atoms with van der Waals surface area (Å²) < 4.78 is 15.9. The molecular formula is C16H12N2O4S. The van der Waals surface area contributed by atoms with Crippen LogP contribution in [0, 0.1) is 0 Å². The molecule has 0 atom stereocenters. The highest BCUT2D eigenvalue weighted by Crippen LogP contribution is 2.35. The molecule has 3 aromatic rings. The third-order valence-corrected chi connectivity index (χ3v) is 4.28. The van der Waals surface area contributed by atoms with E-state index in [2.05, 4.69) is 10.5 Å². The van der Waals surface area contributed by atoms with Crippen molar-refractivity contribution in [1.82, 2.24) is 10.5 Å². The second kappa shape index (κ2) is 5.77. The van der Waals surface area contributed by atoms with Crippen molar-refractivity contribution < 1.29 is 18.8 Å². The predicted octanol–water partition coefficient (Wildman–Crippen LogP) is 3.06. The van der Waals surface area contributed by atoms with Crippen LogP contribution in [-0.4, -0.2) is 17.9 Å². The van der Waals surface area contributed by atoms with Crippen molar-refractivity contribution in [2.75, 3.05) is 6.79 Å². The van der Waals surface area contributed by atoms with Crippen LogP contribution in [0.4, 0.5) is 0 Å². The van der Waals surface area contributed by atoms with Crippen molar-refractivity contribution in [1.29, 1.82) is 0 Å². The first kappa shape index (κ1) is 13.8. The van der Waals surface area contributed by atoms with Crippen molar-refractivity contribution in [3.8, 4) is 22.8 Å². The summed E-state index contributed by atoms with van der Waals surface area (Å²) >= 11 is 1.59. The molecule has 2 aromatic heterocycles. The van der Waals surface area contributed by atoms with Gasteiger partial charge in [-0.05, 0) is 29.6 Å². The van der Waals surface area contributed by atoms with Crippen LogP contribution in [0.2, 0.25) is 0 Å². The largest absolute Gasteiger partial charge is 0.454 e. The van der Waals surface area contributed by atoms with E-state index >= 15 is 0 Å². The molecule has 0 aliphatic carbocycles. The molecule has 6 nitrogen and oxygen atoms in total. The standard InChI is InChI=1S/C16H12N2O4S/c19-16(17-8-11-2-1-5-23-11)12-7-14(22-18-12)10-3-4-13-15(6-10)21-9-20-13/h1-7H,8-9H2,(H,17,19). The van der Waals surface area contributed by atoms with Crippen molar-refractivity contribution in [3.63, 3.8) is 0 Å². The summed E-state index contributed by atoms with van der Waals surface area (Å²) in [5.74, 6) is 1.59. The summed E-state index contributed by atoms with van der Waals surface area (Å²) in [6.45, 7) is 0.689. The van der Waals surface area contributed by atoms with Gasteiger partial charge in [-0.3, -0.25) is 4.79 Å². The van der Waals surface area contributed by atoms with E-state index in [1.54, 1.807) is 29.5 Å². The number of nitrogens with zero attached hydrogens (tertiary/aromatic N) is 1. The Morgan fingerprint density at radius 2 is 2.13 bits per heavy atom.